The quantitative estimate of drug-likeness (QED) is 0.0849. The molecular formula is C59H124O26. The molecule has 0 aromatic rings. The lowest BCUT2D eigenvalue weighted by atomic mass is 9.89. The lowest BCUT2D eigenvalue weighted by Crippen LogP contribution is -2.46. The van der Waals surface area contributed by atoms with Crippen molar-refractivity contribution in [3.8, 4) is 0 Å². The monoisotopic (exact) mass is 1250 g/mol. The highest BCUT2D eigenvalue weighted by Crippen LogP contribution is 2.27. The first-order chi connectivity index (χ1) is 41.1. The van der Waals surface area contributed by atoms with E-state index in [0.29, 0.717) is 172 Å². The fourth-order valence-electron chi connectivity index (χ4n) is 9.19. The van der Waals surface area contributed by atoms with Gasteiger partial charge in [-0.15, -0.1) is 0 Å². The van der Waals surface area contributed by atoms with E-state index < -0.39 is 16.2 Å². The van der Waals surface area contributed by atoms with Crippen LogP contribution in [0.15, 0.2) is 0 Å². The summed E-state index contributed by atoms with van der Waals surface area (Å²) in [6.45, 7) is 11.6. The second-order valence-corrected chi connectivity index (χ2v) is 21.3. The average Bonchev–Trinajstić information content (AvgIpc) is 3.52. The van der Waals surface area contributed by atoms with E-state index in [9.17, 15) is 0 Å². The predicted molar refractivity (Wildman–Crippen MR) is 320 cm³/mol. The van der Waals surface area contributed by atoms with Crippen molar-refractivity contribution in [3.05, 3.63) is 0 Å². The molecular weight excluding hydrogens is 1120 g/mol. The van der Waals surface area contributed by atoms with Crippen molar-refractivity contribution in [1.82, 2.24) is 0 Å². The molecule has 0 aliphatic carbocycles. The van der Waals surface area contributed by atoms with Crippen LogP contribution in [0.5, 0.6) is 0 Å². The first-order valence-electron chi connectivity index (χ1n) is 28.6. The van der Waals surface area contributed by atoms with E-state index in [4.69, 9.17) is 123 Å². The van der Waals surface area contributed by atoms with E-state index in [1.54, 1.807) is 142 Å². The molecule has 0 radical (unpaired) electrons. The summed E-state index contributed by atoms with van der Waals surface area (Å²) in [6.07, 6.45) is 1.98. The third-order valence-electron chi connectivity index (χ3n) is 13.2. The SMILES string of the molecule is COCC(COC)(COC)COC.COCC(COC)(COC)COCC(COC)(COC)COCC(COC)(COC)COC.COCC(COCC(COCC(CCCC(COCC(COCC(COC)OC)OC)OC)OC)OC)OC. The zero-order valence-corrected chi connectivity index (χ0v) is 56.6. The minimum Gasteiger partial charge on any atom is -0.384 e. The number of ether oxygens (including phenoxy) is 26. The topological polar surface area (TPSA) is 240 Å². The van der Waals surface area contributed by atoms with Crippen LogP contribution in [0.1, 0.15) is 19.3 Å². The maximum Gasteiger partial charge on any atom is 0.104 e. The van der Waals surface area contributed by atoms with Gasteiger partial charge < -0.3 is 123 Å². The minimum absolute atomic E-state index is 0.0227. The van der Waals surface area contributed by atoms with Gasteiger partial charge in [-0.2, -0.15) is 0 Å². The van der Waals surface area contributed by atoms with Crippen LogP contribution in [0.2, 0.25) is 0 Å². The van der Waals surface area contributed by atoms with Crippen LogP contribution in [0.25, 0.3) is 0 Å². The number of hydrogen-bond acceptors (Lipinski definition) is 26. The molecule has 0 saturated carbocycles. The Balaban J connectivity index is -0.00000132. The second kappa shape index (κ2) is 60.5. The first kappa shape index (κ1) is 88.2. The Morgan fingerprint density at radius 1 is 0.176 bits per heavy atom. The van der Waals surface area contributed by atoms with Gasteiger partial charge in [0.2, 0.25) is 0 Å². The third kappa shape index (κ3) is 44.2. The van der Waals surface area contributed by atoms with Gasteiger partial charge >= 0.3 is 0 Å². The Morgan fingerprint density at radius 3 is 0.518 bits per heavy atom. The summed E-state index contributed by atoms with van der Waals surface area (Å²) in [4.78, 5) is 0. The molecule has 516 valence electrons. The zero-order valence-electron chi connectivity index (χ0n) is 56.6. The molecule has 0 aliphatic rings. The third-order valence-corrected chi connectivity index (χ3v) is 13.2. The van der Waals surface area contributed by atoms with Crippen molar-refractivity contribution in [2.24, 2.45) is 21.7 Å². The van der Waals surface area contributed by atoms with Gasteiger partial charge in [-0.1, -0.05) is 0 Å². The Morgan fingerprint density at radius 2 is 0.341 bits per heavy atom. The van der Waals surface area contributed by atoms with Crippen LogP contribution in [-0.4, -0.2) is 351 Å². The molecule has 85 heavy (non-hydrogen) atoms. The summed E-state index contributed by atoms with van der Waals surface area (Å²) < 4.78 is 142. The van der Waals surface area contributed by atoms with E-state index in [2.05, 4.69) is 0 Å². The lowest BCUT2D eigenvalue weighted by molar-refractivity contribution is -0.143. The molecule has 0 amide bonds. The molecule has 0 aliphatic heterocycles. The first-order valence-corrected chi connectivity index (χ1v) is 28.6. The fraction of sp³-hybridized carbons (Fsp3) is 1.00. The molecule has 0 N–H and O–H groups in total. The second-order valence-electron chi connectivity index (χ2n) is 21.3. The Labute approximate surface area is 513 Å². The van der Waals surface area contributed by atoms with E-state index >= 15 is 0 Å². The van der Waals surface area contributed by atoms with Crippen LogP contribution in [0.3, 0.4) is 0 Å². The molecule has 26 heteroatoms. The largest absolute Gasteiger partial charge is 0.384 e. The number of hydrogen-bond donors (Lipinski definition) is 0. The van der Waals surface area contributed by atoms with Crippen LogP contribution in [0, 0.1) is 21.7 Å². The van der Waals surface area contributed by atoms with E-state index in [1.165, 1.54) is 0 Å². The highest BCUT2D eigenvalue weighted by molar-refractivity contribution is 4.85. The Kier molecular flexibility index (Phi) is 62.8. The molecule has 6 atom stereocenters. The molecule has 0 rings (SSSR count). The Bertz CT molecular complexity index is 1200. The maximum atomic E-state index is 6.20. The highest BCUT2D eigenvalue weighted by Gasteiger charge is 2.38. The van der Waals surface area contributed by atoms with Crippen molar-refractivity contribution in [1.29, 1.82) is 0 Å². The summed E-state index contributed by atoms with van der Waals surface area (Å²) >= 11 is 0. The summed E-state index contributed by atoms with van der Waals surface area (Å²) in [5.41, 5.74) is -1.54. The van der Waals surface area contributed by atoms with Gasteiger partial charge in [0.25, 0.3) is 0 Å². The molecule has 0 fully saturated rings. The van der Waals surface area contributed by atoms with Gasteiger partial charge in [0.05, 0.1) is 206 Å². The average molecular weight is 1250 g/mol. The maximum absolute atomic E-state index is 6.20. The van der Waals surface area contributed by atoms with Crippen LogP contribution in [0.4, 0.5) is 0 Å². The standard InChI is InChI=1S/C27H56O12.C23H48O10.C9H20O4/c1-28-12-24(32-5)16-38-20-26(34-7)18-36-14-22(30-3)10-9-11-23(31-4)15-37-19-27(35-8)21-39-17-25(33-6)13-29-2;1-24-9-21(10-25-2,11-26-3)17-32-19-23(15-30-7,16-31-8)20-33-18-22(12-27-4,13-28-5)14-29-6;1-10-5-9(6-11-2,7-12-3)8-13-4/h22-27H,9-21H2,1-8H3;9-20H2,1-8H3;5-8H2,1-4H3. The summed E-state index contributed by atoms with van der Waals surface area (Å²) in [5.74, 6) is 0. The zero-order chi connectivity index (χ0) is 64.4. The van der Waals surface area contributed by atoms with Gasteiger partial charge in [-0.25, -0.2) is 0 Å². The molecule has 26 nitrogen and oxygen atoms in total. The van der Waals surface area contributed by atoms with E-state index in [1.807, 2.05) is 0 Å². The predicted octanol–water partition coefficient (Wildman–Crippen LogP) is 3.31. The lowest BCUT2D eigenvalue weighted by Gasteiger charge is -2.37. The van der Waals surface area contributed by atoms with Crippen molar-refractivity contribution < 1.29 is 123 Å². The molecule has 0 spiro atoms. The minimum atomic E-state index is -0.512. The normalized spacial score (nSPS) is 14.5. The molecule has 6 unspecified atom stereocenters. The Hall–Kier alpha value is -1.04. The molecule has 0 aromatic heterocycles. The van der Waals surface area contributed by atoms with Crippen molar-refractivity contribution in [2.45, 2.75) is 55.9 Å². The fourth-order valence-corrected chi connectivity index (χ4v) is 9.19. The van der Waals surface area contributed by atoms with Gasteiger partial charge in [0.15, 0.2) is 0 Å². The highest BCUT2D eigenvalue weighted by atomic mass is 16.6. The van der Waals surface area contributed by atoms with Crippen LogP contribution < -0.4 is 0 Å². The van der Waals surface area contributed by atoms with Gasteiger partial charge in [0.1, 0.15) is 24.4 Å². The summed E-state index contributed by atoms with van der Waals surface area (Å²) in [6, 6.07) is 0. The number of methoxy groups -OCH3 is 20. The molecule has 0 bridgehead atoms. The summed E-state index contributed by atoms with van der Waals surface area (Å²) in [5, 5.41) is 0. The van der Waals surface area contributed by atoms with Crippen LogP contribution in [-0.2, 0) is 123 Å². The van der Waals surface area contributed by atoms with Crippen molar-refractivity contribution in [3.63, 3.8) is 0 Å². The van der Waals surface area contributed by atoms with Crippen molar-refractivity contribution in [2.75, 3.05) is 314 Å². The van der Waals surface area contributed by atoms with E-state index in [0.717, 1.165) is 19.3 Å². The molecule has 0 aromatic carbocycles. The van der Waals surface area contributed by atoms with Gasteiger partial charge in [-0.3, -0.25) is 0 Å². The van der Waals surface area contributed by atoms with Crippen molar-refractivity contribution >= 4 is 0 Å². The molecule has 0 heterocycles. The van der Waals surface area contributed by atoms with Gasteiger partial charge in [-0.05, 0) is 19.3 Å². The summed E-state index contributed by atoms with van der Waals surface area (Å²) in [7, 11) is 33.1. The smallest absolute Gasteiger partial charge is 0.104 e. The molecule has 0 saturated heterocycles. The van der Waals surface area contributed by atoms with Gasteiger partial charge in [0, 0.05) is 142 Å². The number of rotatable bonds is 62. The van der Waals surface area contributed by atoms with E-state index in [-0.39, 0.29) is 42.0 Å². The van der Waals surface area contributed by atoms with Crippen LogP contribution >= 0.6 is 0 Å².